The number of hydrogen-bond acceptors (Lipinski definition) is 3. The largest absolute Gasteiger partial charge is 0.491 e. The number of nitrogens with one attached hydrogen (secondary N) is 1. The maximum atomic E-state index is 12.2. The molecule has 1 amide bonds. The van der Waals surface area contributed by atoms with E-state index in [0.717, 1.165) is 4.47 Å². The van der Waals surface area contributed by atoms with Crippen molar-refractivity contribution in [3.63, 3.8) is 0 Å². The first kappa shape index (κ1) is 18.8. The molecule has 0 fully saturated rings. The van der Waals surface area contributed by atoms with Gasteiger partial charge in [-0.05, 0) is 49.7 Å². The highest BCUT2D eigenvalue weighted by molar-refractivity contribution is 9.10. The minimum absolute atomic E-state index is 0.0516. The van der Waals surface area contributed by atoms with Crippen molar-refractivity contribution in [3.8, 4) is 5.75 Å². The van der Waals surface area contributed by atoms with Gasteiger partial charge in [0.1, 0.15) is 5.75 Å². The molecule has 0 heterocycles. The molecule has 2 aromatic carbocycles. The Morgan fingerprint density at radius 3 is 2.75 bits per heavy atom. The Morgan fingerprint density at radius 1 is 1.29 bits per heavy atom. The Hall–Kier alpha value is -1.56. The molecular weight excluding hydrogens is 394 g/mol. The van der Waals surface area contributed by atoms with E-state index in [4.69, 9.17) is 16.3 Å². The van der Waals surface area contributed by atoms with Crippen molar-refractivity contribution in [2.45, 2.75) is 26.1 Å². The van der Waals surface area contributed by atoms with Gasteiger partial charge < -0.3 is 15.2 Å². The fraction of sp³-hybridized carbons (Fsp3) is 0.278. The molecule has 0 aliphatic heterocycles. The lowest BCUT2D eigenvalue weighted by Gasteiger charge is -2.15. The average Bonchev–Trinajstić information content (AvgIpc) is 2.54. The summed E-state index contributed by atoms with van der Waals surface area (Å²) in [4.78, 5) is 12.2. The molecule has 0 aliphatic rings. The lowest BCUT2D eigenvalue weighted by molar-refractivity contribution is 0.0916. The van der Waals surface area contributed by atoms with Crippen molar-refractivity contribution >= 4 is 33.4 Å². The monoisotopic (exact) mass is 411 g/mol. The summed E-state index contributed by atoms with van der Waals surface area (Å²) in [5, 5.41) is 13.3. The maximum Gasteiger partial charge on any atom is 0.252 e. The summed E-state index contributed by atoms with van der Waals surface area (Å²) in [7, 11) is 0. The van der Waals surface area contributed by atoms with E-state index in [2.05, 4.69) is 21.2 Å². The van der Waals surface area contributed by atoms with Crippen LogP contribution in [-0.4, -0.2) is 23.7 Å². The van der Waals surface area contributed by atoms with E-state index in [1.54, 1.807) is 30.3 Å². The summed E-state index contributed by atoms with van der Waals surface area (Å²) in [5.74, 6) is 0.345. The second kappa shape index (κ2) is 8.51. The number of aliphatic hydroxyl groups is 1. The molecule has 1 atom stereocenters. The number of ether oxygens (including phenoxy) is 1. The van der Waals surface area contributed by atoms with Crippen molar-refractivity contribution in [1.82, 2.24) is 5.32 Å². The van der Waals surface area contributed by atoms with Crippen molar-refractivity contribution in [3.05, 3.63) is 63.1 Å². The number of hydrogen-bond donors (Lipinski definition) is 2. The first-order valence-corrected chi connectivity index (χ1v) is 8.72. The molecule has 2 N–H and O–H groups in total. The minimum Gasteiger partial charge on any atom is -0.491 e. The van der Waals surface area contributed by atoms with Gasteiger partial charge in [0.15, 0.2) is 0 Å². The SMILES string of the molecule is CC(C)Oc1cccc(C(O)CNC(=O)c2cc(Br)ccc2Cl)c1. The Morgan fingerprint density at radius 2 is 2.04 bits per heavy atom. The topological polar surface area (TPSA) is 58.6 Å². The molecule has 0 bridgehead atoms. The van der Waals surface area contributed by atoms with E-state index < -0.39 is 6.10 Å². The Bertz CT molecular complexity index is 721. The van der Waals surface area contributed by atoms with E-state index >= 15 is 0 Å². The molecule has 4 nitrogen and oxygen atoms in total. The molecule has 2 rings (SSSR count). The van der Waals surface area contributed by atoms with Crippen LogP contribution in [0.3, 0.4) is 0 Å². The lowest BCUT2D eigenvalue weighted by Crippen LogP contribution is -2.28. The summed E-state index contributed by atoms with van der Waals surface area (Å²) in [6.45, 7) is 3.95. The molecule has 2 aromatic rings. The van der Waals surface area contributed by atoms with Crippen molar-refractivity contribution in [1.29, 1.82) is 0 Å². The van der Waals surface area contributed by atoms with Crippen LogP contribution in [0.5, 0.6) is 5.75 Å². The highest BCUT2D eigenvalue weighted by Gasteiger charge is 2.14. The van der Waals surface area contributed by atoms with E-state index in [1.807, 2.05) is 26.0 Å². The molecular formula is C18H19BrClNO3. The van der Waals surface area contributed by atoms with Gasteiger partial charge in [0.05, 0.1) is 22.8 Å². The van der Waals surface area contributed by atoms with Crippen LogP contribution in [0.1, 0.15) is 35.9 Å². The number of aliphatic hydroxyl groups excluding tert-OH is 1. The number of rotatable bonds is 6. The predicted octanol–water partition coefficient (Wildman–Crippen LogP) is 4.35. The Kier molecular flexibility index (Phi) is 6.66. The van der Waals surface area contributed by atoms with Crippen molar-refractivity contribution in [2.75, 3.05) is 6.54 Å². The molecule has 0 aromatic heterocycles. The van der Waals surface area contributed by atoms with Crippen LogP contribution in [-0.2, 0) is 0 Å². The number of carbonyl (C=O) groups excluding carboxylic acids is 1. The number of amides is 1. The molecule has 1 unspecified atom stereocenters. The molecule has 0 spiro atoms. The average molecular weight is 413 g/mol. The normalized spacial score (nSPS) is 12.1. The van der Waals surface area contributed by atoms with Crippen LogP contribution in [0.2, 0.25) is 5.02 Å². The zero-order chi connectivity index (χ0) is 17.7. The van der Waals surface area contributed by atoms with Crippen LogP contribution in [0.4, 0.5) is 0 Å². The third-order valence-corrected chi connectivity index (χ3v) is 4.07. The third-order valence-electron chi connectivity index (χ3n) is 3.24. The zero-order valence-electron chi connectivity index (χ0n) is 13.4. The van der Waals surface area contributed by atoms with Gasteiger partial charge in [-0.2, -0.15) is 0 Å². The quantitative estimate of drug-likeness (QED) is 0.741. The van der Waals surface area contributed by atoms with Gasteiger partial charge in [0.2, 0.25) is 0 Å². The Balaban J connectivity index is 2.01. The summed E-state index contributed by atoms with van der Waals surface area (Å²) in [5.41, 5.74) is 1.03. The highest BCUT2D eigenvalue weighted by Crippen LogP contribution is 2.22. The van der Waals surface area contributed by atoms with E-state index in [9.17, 15) is 9.90 Å². The molecule has 0 saturated heterocycles. The summed E-state index contributed by atoms with van der Waals surface area (Å²) in [6.07, 6.45) is -0.786. The highest BCUT2D eigenvalue weighted by atomic mass is 79.9. The van der Waals surface area contributed by atoms with Gasteiger partial charge in [-0.25, -0.2) is 0 Å². The Labute approximate surface area is 154 Å². The number of halogens is 2. The molecule has 0 saturated carbocycles. The first-order chi connectivity index (χ1) is 11.4. The second-order valence-electron chi connectivity index (χ2n) is 5.59. The molecule has 6 heteroatoms. The summed E-state index contributed by atoms with van der Waals surface area (Å²) < 4.78 is 6.37. The van der Waals surface area contributed by atoms with Crippen molar-refractivity contribution < 1.29 is 14.6 Å². The van der Waals surface area contributed by atoms with E-state index in [0.29, 0.717) is 21.9 Å². The maximum absolute atomic E-state index is 12.2. The first-order valence-electron chi connectivity index (χ1n) is 7.54. The smallest absolute Gasteiger partial charge is 0.252 e. The molecule has 0 aliphatic carbocycles. The molecule has 0 radical (unpaired) electrons. The number of carbonyl (C=O) groups is 1. The fourth-order valence-electron chi connectivity index (χ4n) is 2.14. The standard InChI is InChI=1S/C18H19BrClNO3/c1-11(2)24-14-5-3-4-12(8-14)17(22)10-21-18(23)15-9-13(19)6-7-16(15)20/h3-9,11,17,22H,10H2,1-2H3,(H,21,23). The second-order valence-corrected chi connectivity index (χ2v) is 6.91. The van der Waals surface area contributed by atoms with Crippen LogP contribution >= 0.6 is 27.5 Å². The van der Waals surface area contributed by atoms with E-state index in [-0.39, 0.29) is 18.6 Å². The third kappa shape index (κ3) is 5.23. The van der Waals surface area contributed by atoms with Crippen LogP contribution < -0.4 is 10.1 Å². The lowest BCUT2D eigenvalue weighted by atomic mass is 10.1. The van der Waals surface area contributed by atoms with Gasteiger partial charge >= 0.3 is 0 Å². The van der Waals surface area contributed by atoms with Crippen LogP contribution in [0.15, 0.2) is 46.9 Å². The zero-order valence-corrected chi connectivity index (χ0v) is 15.8. The summed E-state index contributed by atoms with van der Waals surface area (Å²) >= 11 is 9.34. The van der Waals surface area contributed by atoms with Crippen LogP contribution in [0.25, 0.3) is 0 Å². The molecule has 24 heavy (non-hydrogen) atoms. The van der Waals surface area contributed by atoms with Gasteiger partial charge in [0.25, 0.3) is 5.91 Å². The molecule has 128 valence electrons. The van der Waals surface area contributed by atoms with Gasteiger partial charge in [-0.3, -0.25) is 4.79 Å². The fourth-order valence-corrected chi connectivity index (χ4v) is 2.71. The number of benzene rings is 2. The van der Waals surface area contributed by atoms with Gasteiger partial charge in [0, 0.05) is 11.0 Å². The predicted molar refractivity (Wildman–Crippen MR) is 98.7 cm³/mol. The van der Waals surface area contributed by atoms with Crippen molar-refractivity contribution in [2.24, 2.45) is 0 Å². The van der Waals surface area contributed by atoms with E-state index in [1.165, 1.54) is 0 Å². The summed E-state index contributed by atoms with van der Waals surface area (Å²) in [6, 6.07) is 12.2. The van der Waals surface area contributed by atoms with Gasteiger partial charge in [-0.1, -0.05) is 39.7 Å². The van der Waals surface area contributed by atoms with Gasteiger partial charge in [-0.15, -0.1) is 0 Å². The van der Waals surface area contributed by atoms with Crippen LogP contribution in [0, 0.1) is 0 Å². The minimum atomic E-state index is -0.837.